The van der Waals surface area contributed by atoms with Gasteiger partial charge in [-0.1, -0.05) is 0 Å². The molecule has 0 saturated carbocycles. The van der Waals surface area contributed by atoms with Crippen molar-refractivity contribution in [2.45, 2.75) is 25.9 Å². The summed E-state index contributed by atoms with van der Waals surface area (Å²) in [4.78, 5) is 4.38. The van der Waals surface area contributed by atoms with Crippen LogP contribution in [0.4, 0.5) is 0 Å². The van der Waals surface area contributed by atoms with Gasteiger partial charge in [0.25, 0.3) is 0 Å². The first-order chi connectivity index (χ1) is 8.27. The minimum absolute atomic E-state index is 0.511. The molecule has 4 heteroatoms. The van der Waals surface area contributed by atoms with Gasteiger partial charge in [-0.15, -0.1) is 0 Å². The first kappa shape index (κ1) is 12.3. The van der Waals surface area contributed by atoms with Gasteiger partial charge in [-0.25, -0.2) is 0 Å². The molecular formula is C13H20N2O2. The molecule has 1 aliphatic heterocycles. The Hall–Kier alpha value is -1.13. The van der Waals surface area contributed by atoms with Crippen LogP contribution in [0, 0.1) is 6.92 Å². The van der Waals surface area contributed by atoms with Crippen molar-refractivity contribution in [1.29, 1.82) is 0 Å². The van der Waals surface area contributed by atoms with Crippen LogP contribution >= 0.6 is 0 Å². The van der Waals surface area contributed by atoms with E-state index in [0.717, 1.165) is 36.5 Å². The highest BCUT2D eigenvalue weighted by atomic mass is 16.5. The molecule has 1 fully saturated rings. The highest BCUT2D eigenvalue weighted by Crippen LogP contribution is 2.35. The summed E-state index contributed by atoms with van der Waals surface area (Å²) >= 11 is 0. The lowest BCUT2D eigenvalue weighted by atomic mass is 9.93. The summed E-state index contributed by atoms with van der Waals surface area (Å²) in [6.45, 7) is 4.66. The monoisotopic (exact) mass is 236 g/mol. The van der Waals surface area contributed by atoms with Crippen LogP contribution in [0.3, 0.4) is 0 Å². The van der Waals surface area contributed by atoms with Crippen LogP contribution in [0.1, 0.15) is 29.2 Å². The quantitative estimate of drug-likeness (QED) is 0.862. The fourth-order valence-corrected chi connectivity index (χ4v) is 2.52. The molecule has 0 aromatic carbocycles. The van der Waals surface area contributed by atoms with Crippen LogP contribution in [-0.2, 0) is 11.3 Å². The molecule has 0 amide bonds. The number of nitrogens with zero attached hydrogens (tertiary/aromatic N) is 1. The molecule has 2 rings (SSSR count). The topological polar surface area (TPSA) is 43.4 Å². The lowest BCUT2D eigenvalue weighted by Gasteiger charge is -2.19. The van der Waals surface area contributed by atoms with E-state index in [1.165, 1.54) is 5.56 Å². The predicted molar refractivity (Wildman–Crippen MR) is 66.5 cm³/mol. The number of aromatic nitrogens is 1. The molecule has 0 aliphatic carbocycles. The Morgan fingerprint density at radius 2 is 2.29 bits per heavy atom. The van der Waals surface area contributed by atoms with Crippen molar-refractivity contribution in [2.75, 3.05) is 27.3 Å². The maximum atomic E-state index is 5.53. The number of methoxy groups -OCH3 is 2. The van der Waals surface area contributed by atoms with Crippen LogP contribution < -0.4 is 10.1 Å². The fraction of sp³-hybridized carbons (Fsp3) is 0.615. The number of pyridine rings is 1. The molecule has 0 bridgehead atoms. The maximum Gasteiger partial charge on any atom is 0.143 e. The summed E-state index contributed by atoms with van der Waals surface area (Å²) < 4.78 is 10.8. The molecule has 17 heavy (non-hydrogen) atoms. The summed E-state index contributed by atoms with van der Waals surface area (Å²) in [5.74, 6) is 1.44. The van der Waals surface area contributed by atoms with E-state index in [0.29, 0.717) is 12.5 Å². The third-order valence-corrected chi connectivity index (χ3v) is 3.31. The molecule has 0 radical (unpaired) electrons. The number of aryl methyl sites for hydroxylation is 1. The molecule has 1 aromatic heterocycles. The van der Waals surface area contributed by atoms with Gasteiger partial charge in [0.1, 0.15) is 5.75 Å². The minimum atomic E-state index is 0.511. The summed E-state index contributed by atoms with van der Waals surface area (Å²) in [7, 11) is 3.43. The Balaban J connectivity index is 2.45. The molecule has 1 atom stereocenters. The van der Waals surface area contributed by atoms with Crippen molar-refractivity contribution in [1.82, 2.24) is 10.3 Å². The molecule has 94 valence electrons. The number of nitrogens with one attached hydrogen (secondary N) is 1. The van der Waals surface area contributed by atoms with Gasteiger partial charge in [0.15, 0.2) is 0 Å². The van der Waals surface area contributed by atoms with Crippen LogP contribution in [-0.4, -0.2) is 32.3 Å². The zero-order chi connectivity index (χ0) is 12.3. The number of rotatable bonds is 4. The lowest BCUT2D eigenvalue weighted by molar-refractivity contribution is 0.183. The summed E-state index contributed by atoms with van der Waals surface area (Å²) in [6.07, 6.45) is 3.06. The SMILES string of the molecule is COCc1cnc(C)c(OC)c1C1CCNC1. The third-order valence-electron chi connectivity index (χ3n) is 3.31. The van der Waals surface area contributed by atoms with Gasteiger partial charge >= 0.3 is 0 Å². The van der Waals surface area contributed by atoms with Gasteiger partial charge in [0.2, 0.25) is 0 Å². The smallest absolute Gasteiger partial charge is 0.143 e. The number of hydrogen-bond donors (Lipinski definition) is 1. The second-order valence-corrected chi connectivity index (χ2v) is 4.44. The fourth-order valence-electron chi connectivity index (χ4n) is 2.52. The Morgan fingerprint density at radius 3 is 2.88 bits per heavy atom. The Labute approximate surface area is 102 Å². The van der Waals surface area contributed by atoms with E-state index in [1.807, 2.05) is 13.1 Å². The zero-order valence-electron chi connectivity index (χ0n) is 10.7. The van der Waals surface area contributed by atoms with Crippen LogP contribution in [0.15, 0.2) is 6.20 Å². The average Bonchev–Trinajstić information content (AvgIpc) is 2.84. The highest BCUT2D eigenvalue weighted by molar-refractivity contribution is 5.44. The van der Waals surface area contributed by atoms with Crippen molar-refractivity contribution in [2.24, 2.45) is 0 Å². The van der Waals surface area contributed by atoms with Crippen molar-refractivity contribution < 1.29 is 9.47 Å². The molecule has 4 nitrogen and oxygen atoms in total. The Kier molecular flexibility index (Phi) is 3.97. The minimum Gasteiger partial charge on any atom is -0.495 e. The first-order valence-corrected chi connectivity index (χ1v) is 6.00. The van der Waals surface area contributed by atoms with E-state index in [2.05, 4.69) is 10.3 Å². The van der Waals surface area contributed by atoms with E-state index < -0.39 is 0 Å². The normalized spacial score (nSPS) is 19.6. The van der Waals surface area contributed by atoms with Gasteiger partial charge in [0.05, 0.1) is 19.4 Å². The molecule has 2 heterocycles. The third kappa shape index (κ3) is 2.42. The second kappa shape index (κ2) is 5.47. The first-order valence-electron chi connectivity index (χ1n) is 6.00. The van der Waals surface area contributed by atoms with E-state index in [1.54, 1.807) is 14.2 Å². The van der Waals surface area contributed by atoms with Crippen LogP contribution in [0.2, 0.25) is 0 Å². The molecule has 1 unspecified atom stereocenters. The molecule has 1 aliphatic rings. The molecular weight excluding hydrogens is 216 g/mol. The summed E-state index contributed by atoms with van der Waals surface area (Å²) in [5, 5.41) is 3.39. The molecule has 0 spiro atoms. The van der Waals surface area contributed by atoms with Gasteiger partial charge in [-0.05, 0) is 19.9 Å². The lowest BCUT2D eigenvalue weighted by Crippen LogP contribution is -2.12. The zero-order valence-corrected chi connectivity index (χ0v) is 10.7. The standard InChI is InChI=1S/C13H20N2O2/c1-9-13(17-3)12(10-4-5-14-6-10)11(7-15-9)8-16-2/h7,10,14H,4-6,8H2,1-3H3. The van der Waals surface area contributed by atoms with E-state index in [-0.39, 0.29) is 0 Å². The van der Waals surface area contributed by atoms with E-state index in [4.69, 9.17) is 9.47 Å². The van der Waals surface area contributed by atoms with Crippen LogP contribution in [0.5, 0.6) is 5.75 Å². The maximum absolute atomic E-state index is 5.53. The van der Waals surface area contributed by atoms with Gasteiger partial charge in [-0.3, -0.25) is 4.98 Å². The Bertz CT molecular complexity index is 387. The number of ether oxygens (including phenoxy) is 2. The summed E-state index contributed by atoms with van der Waals surface area (Å²) in [5.41, 5.74) is 3.37. The second-order valence-electron chi connectivity index (χ2n) is 4.44. The van der Waals surface area contributed by atoms with Crippen molar-refractivity contribution in [3.63, 3.8) is 0 Å². The largest absolute Gasteiger partial charge is 0.495 e. The van der Waals surface area contributed by atoms with E-state index >= 15 is 0 Å². The van der Waals surface area contributed by atoms with Gasteiger partial charge < -0.3 is 14.8 Å². The Morgan fingerprint density at radius 1 is 1.47 bits per heavy atom. The average molecular weight is 236 g/mol. The molecule has 1 aromatic rings. The van der Waals surface area contributed by atoms with Crippen molar-refractivity contribution in [3.8, 4) is 5.75 Å². The van der Waals surface area contributed by atoms with E-state index in [9.17, 15) is 0 Å². The van der Waals surface area contributed by atoms with Gasteiger partial charge in [-0.2, -0.15) is 0 Å². The highest BCUT2D eigenvalue weighted by Gasteiger charge is 2.24. The van der Waals surface area contributed by atoms with Gasteiger partial charge in [0, 0.05) is 36.9 Å². The van der Waals surface area contributed by atoms with Crippen molar-refractivity contribution >= 4 is 0 Å². The summed E-state index contributed by atoms with van der Waals surface area (Å²) in [6, 6.07) is 0. The molecule has 1 saturated heterocycles. The van der Waals surface area contributed by atoms with Crippen LogP contribution in [0.25, 0.3) is 0 Å². The number of hydrogen-bond acceptors (Lipinski definition) is 4. The predicted octanol–water partition coefficient (Wildman–Crippen LogP) is 1.62. The van der Waals surface area contributed by atoms with Crippen molar-refractivity contribution in [3.05, 3.63) is 23.0 Å². The molecule has 1 N–H and O–H groups in total.